The number of rotatable bonds is 10. The summed E-state index contributed by atoms with van der Waals surface area (Å²) in [5.74, 6) is 0. The first kappa shape index (κ1) is 30.2. The highest BCUT2D eigenvalue weighted by atomic mass is 32.1. The van der Waals surface area contributed by atoms with Crippen LogP contribution in [0.5, 0.6) is 0 Å². The highest BCUT2D eigenvalue weighted by Crippen LogP contribution is 2.44. The summed E-state index contributed by atoms with van der Waals surface area (Å²) in [4.78, 5) is 6.51. The normalized spacial score (nSPS) is 11.7. The second-order valence-electron chi connectivity index (χ2n) is 9.74. The largest absolute Gasteiger partial charge is 0.284 e. The van der Waals surface area contributed by atoms with Crippen LogP contribution in [0.15, 0.2) is 119 Å². The van der Waals surface area contributed by atoms with E-state index in [1.54, 1.807) is 68.0 Å². The molecular weight excluding hydrogens is 681 g/mol. The minimum absolute atomic E-state index is 0.575. The van der Waals surface area contributed by atoms with E-state index >= 15 is 0 Å². The van der Waals surface area contributed by atoms with Crippen molar-refractivity contribution in [3.8, 4) is 12.1 Å². The maximum absolute atomic E-state index is 10.1. The number of hydrogen-bond acceptors (Lipinski definition) is 10. The van der Waals surface area contributed by atoms with Crippen molar-refractivity contribution >= 4 is 121 Å². The summed E-state index contributed by atoms with van der Waals surface area (Å²) >= 11 is 10.1. The van der Waals surface area contributed by atoms with Crippen molar-refractivity contribution in [2.24, 2.45) is 0 Å². The Kier molecular flexibility index (Phi) is 9.08. The third kappa shape index (κ3) is 6.41. The van der Waals surface area contributed by atoms with Gasteiger partial charge in [-0.1, -0.05) is 24.3 Å². The van der Waals surface area contributed by atoms with Crippen LogP contribution in [0.4, 0.5) is 30.0 Å². The summed E-state index contributed by atoms with van der Waals surface area (Å²) in [5.41, 5.74) is 2.78. The van der Waals surface area contributed by atoms with Gasteiger partial charge >= 0.3 is 0 Å². The van der Waals surface area contributed by atoms with Gasteiger partial charge in [-0.2, -0.15) is 10.5 Å². The first-order valence-corrected chi connectivity index (χ1v) is 19.1. The summed E-state index contributed by atoms with van der Waals surface area (Å²) in [7, 11) is 0. The van der Waals surface area contributed by atoms with Crippen molar-refractivity contribution in [2.45, 2.75) is 0 Å². The van der Waals surface area contributed by atoms with Crippen LogP contribution < -0.4 is 9.80 Å². The Morgan fingerprint density at radius 3 is 1.09 bits per heavy atom. The van der Waals surface area contributed by atoms with E-state index in [2.05, 4.69) is 116 Å². The molecule has 46 heavy (non-hydrogen) atoms. The van der Waals surface area contributed by atoms with Crippen LogP contribution in [-0.2, 0) is 0 Å². The van der Waals surface area contributed by atoms with Crippen molar-refractivity contribution in [1.82, 2.24) is 0 Å². The van der Waals surface area contributed by atoms with E-state index in [1.165, 1.54) is 0 Å². The standard InChI is InChI=1S/C36H22N4S6/c37-23-27(21-29-13-15-35(45-29)39(31-5-1-17-41-31)32-6-2-18-42-32)25-9-11-26(12-10-25)28(24-38)22-30-14-16-36(46-30)40(33-7-3-19-43-33)34-8-4-20-44-34/h1-22H. The van der Waals surface area contributed by atoms with E-state index in [4.69, 9.17) is 0 Å². The zero-order chi connectivity index (χ0) is 31.3. The van der Waals surface area contributed by atoms with Crippen LogP contribution in [0.3, 0.4) is 0 Å². The number of nitriles is 2. The molecular formula is C36H22N4S6. The Labute approximate surface area is 291 Å². The molecule has 0 aliphatic heterocycles. The molecule has 0 radical (unpaired) electrons. The molecule has 0 N–H and O–H groups in total. The Balaban J connectivity index is 1.12. The summed E-state index contributed by atoms with van der Waals surface area (Å²) in [6.45, 7) is 0. The van der Waals surface area contributed by atoms with Crippen LogP contribution in [-0.4, -0.2) is 0 Å². The molecule has 0 amide bonds. The average molecular weight is 703 g/mol. The molecule has 0 saturated heterocycles. The number of anilines is 6. The smallest absolute Gasteiger partial charge is 0.102 e. The van der Waals surface area contributed by atoms with Gasteiger partial charge in [-0.05, 0) is 118 Å². The zero-order valence-corrected chi connectivity index (χ0v) is 28.8. The van der Waals surface area contributed by atoms with E-state index < -0.39 is 0 Å². The summed E-state index contributed by atoms with van der Waals surface area (Å²) < 4.78 is 0. The lowest BCUT2D eigenvalue weighted by Gasteiger charge is -2.19. The number of allylic oxidation sites excluding steroid dienone is 2. The van der Waals surface area contributed by atoms with Gasteiger partial charge in [-0.15, -0.1) is 68.0 Å². The first-order valence-electron chi connectivity index (χ1n) is 14.0. The van der Waals surface area contributed by atoms with Gasteiger partial charge < -0.3 is 0 Å². The fraction of sp³-hybridized carbons (Fsp3) is 0. The molecule has 0 aliphatic rings. The Hall–Kier alpha value is -4.52. The van der Waals surface area contributed by atoms with Crippen LogP contribution in [0.2, 0.25) is 0 Å². The van der Waals surface area contributed by atoms with Gasteiger partial charge in [0.2, 0.25) is 0 Å². The molecule has 0 aliphatic carbocycles. The maximum atomic E-state index is 10.1. The lowest BCUT2D eigenvalue weighted by atomic mass is 10.0. The van der Waals surface area contributed by atoms with E-state index in [0.717, 1.165) is 50.9 Å². The van der Waals surface area contributed by atoms with Gasteiger partial charge in [0, 0.05) is 9.75 Å². The fourth-order valence-electron chi connectivity index (χ4n) is 4.79. The second-order valence-corrected chi connectivity index (χ2v) is 15.6. The molecule has 0 bridgehead atoms. The highest BCUT2D eigenvalue weighted by molar-refractivity contribution is 7.20. The molecule has 10 heteroatoms. The average Bonchev–Trinajstić information content (AvgIpc) is 3.94. The SMILES string of the molecule is N#CC(=Cc1ccc(N(c2cccs2)c2cccs2)s1)c1ccc(C(C#N)=Cc2ccc(N(c3cccs3)c3cccs3)s2)cc1. The lowest BCUT2D eigenvalue weighted by Crippen LogP contribution is -2.04. The van der Waals surface area contributed by atoms with Gasteiger partial charge in [-0.25, -0.2) is 0 Å². The third-order valence-corrected chi connectivity index (χ3v) is 12.3. The minimum Gasteiger partial charge on any atom is -0.284 e. The fourth-order valence-corrected chi connectivity index (χ4v) is 10.1. The Morgan fingerprint density at radius 2 is 0.804 bits per heavy atom. The van der Waals surface area contributed by atoms with Crippen molar-refractivity contribution < 1.29 is 0 Å². The van der Waals surface area contributed by atoms with Crippen LogP contribution in [0, 0.1) is 22.7 Å². The quantitative estimate of drug-likeness (QED) is 0.133. The molecule has 4 nitrogen and oxygen atoms in total. The van der Waals surface area contributed by atoms with Crippen LogP contribution in [0.1, 0.15) is 20.9 Å². The van der Waals surface area contributed by atoms with E-state index in [1.807, 2.05) is 36.4 Å². The van der Waals surface area contributed by atoms with Crippen LogP contribution >= 0.6 is 68.0 Å². The molecule has 0 unspecified atom stereocenters. The lowest BCUT2D eigenvalue weighted by molar-refractivity contribution is 1.40. The number of thiophene rings is 6. The predicted molar refractivity (Wildman–Crippen MR) is 203 cm³/mol. The van der Waals surface area contributed by atoms with Gasteiger partial charge in [0.1, 0.15) is 30.0 Å². The minimum atomic E-state index is 0.575. The van der Waals surface area contributed by atoms with Gasteiger partial charge in [-0.3, -0.25) is 9.80 Å². The van der Waals surface area contributed by atoms with Gasteiger partial charge in [0.15, 0.2) is 0 Å². The second kappa shape index (κ2) is 13.9. The molecule has 6 heterocycles. The summed E-state index contributed by atoms with van der Waals surface area (Å²) in [6.07, 6.45) is 3.87. The molecule has 7 rings (SSSR count). The van der Waals surface area contributed by atoms with E-state index in [9.17, 15) is 10.5 Å². The Bertz CT molecular complexity index is 1940. The van der Waals surface area contributed by atoms with E-state index in [0.29, 0.717) is 11.1 Å². The molecule has 0 spiro atoms. The number of hydrogen-bond donors (Lipinski definition) is 0. The molecule has 0 saturated carbocycles. The van der Waals surface area contributed by atoms with Crippen molar-refractivity contribution in [2.75, 3.05) is 9.80 Å². The third-order valence-electron chi connectivity index (χ3n) is 6.89. The molecule has 0 atom stereocenters. The molecule has 0 fully saturated rings. The molecule has 222 valence electrons. The first-order chi connectivity index (χ1) is 22.7. The molecule has 6 aromatic heterocycles. The molecule has 1 aromatic carbocycles. The van der Waals surface area contributed by atoms with Crippen molar-refractivity contribution in [3.63, 3.8) is 0 Å². The zero-order valence-electron chi connectivity index (χ0n) is 23.9. The molecule has 7 aromatic rings. The maximum Gasteiger partial charge on any atom is 0.102 e. The van der Waals surface area contributed by atoms with Crippen molar-refractivity contribution in [3.05, 3.63) is 139 Å². The predicted octanol–water partition coefficient (Wildman–Crippen LogP) is 13.1. The van der Waals surface area contributed by atoms with E-state index in [-0.39, 0.29) is 0 Å². The topological polar surface area (TPSA) is 54.1 Å². The van der Waals surface area contributed by atoms with Gasteiger partial charge in [0.05, 0.1) is 23.3 Å². The van der Waals surface area contributed by atoms with Crippen LogP contribution in [0.25, 0.3) is 23.3 Å². The van der Waals surface area contributed by atoms with Crippen molar-refractivity contribution in [1.29, 1.82) is 10.5 Å². The van der Waals surface area contributed by atoms with Gasteiger partial charge in [0.25, 0.3) is 0 Å². The monoisotopic (exact) mass is 702 g/mol. The number of benzene rings is 1. The summed E-state index contributed by atoms with van der Waals surface area (Å²) in [6, 6.07) is 37.5. The number of nitrogens with zero attached hydrogens (tertiary/aromatic N) is 4. The highest BCUT2D eigenvalue weighted by Gasteiger charge is 2.18. The summed E-state index contributed by atoms with van der Waals surface area (Å²) in [5, 5.41) is 35.3. The Morgan fingerprint density at radius 1 is 0.457 bits per heavy atom.